The smallest absolute Gasteiger partial charge is 0.189 e. The lowest BCUT2D eigenvalue weighted by atomic mass is 10.0. The maximum Gasteiger partial charge on any atom is 0.189 e. The first kappa shape index (κ1) is 14.8. The summed E-state index contributed by atoms with van der Waals surface area (Å²) in [6, 6.07) is 3.46. The average Bonchev–Trinajstić information content (AvgIpc) is 3.30. The average molecular weight is 295 g/mol. The molecule has 0 radical (unpaired) electrons. The summed E-state index contributed by atoms with van der Waals surface area (Å²) in [6.07, 6.45) is 3.29. The lowest BCUT2D eigenvalue weighted by molar-refractivity contribution is -0.0172. The van der Waals surface area contributed by atoms with E-state index in [9.17, 15) is 4.39 Å². The molecule has 1 unspecified atom stereocenters. The summed E-state index contributed by atoms with van der Waals surface area (Å²) in [5, 5.41) is 3.52. The number of nitrogens with one attached hydrogen (secondary N) is 1. The van der Waals surface area contributed by atoms with E-state index in [2.05, 4.69) is 5.32 Å². The van der Waals surface area contributed by atoms with Crippen LogP contribution in [0.5, 0.6) is 5.75 Å². The number of hydrogen-bond acceptors (Lipinski definition) is 4. The molecule has 2 aliphatic rings. The number of halogens is 1. The minimum absolute atomic E-state index is 0.228. The van der Waals surface area contributed by atoms with Gasteiger partial charge in [-0.15, -0.1) is 0 Å². The molecule has 1 atom stereocenters. The van der Waals surface area contributed by atoms with Crippen LogP contribution in [0, 0.1) is 11.7 Å². The van der Waals surface area contributed by atoms with Crippen molar-refractivity contribution in [3.05, 3.63) is 29.1 Å². The van der Waals surface area contributed by atoms with Gasteiger partial charge in [0, 0.05) is 18.7 Å². The van der Waals surface area contributed by atoms with Crippen molar-refractivity contribution in [1.29, 1.82) is 0 Å². The Bertz CT molecular complexity index is 491. The molecule has 116 valence electrons. The molecule has 0 spiro atoms. The topological polar surface area (TPSA) is 39.7 Å². The standard InChI is InChI=1S/C16H22FNO3/c1-19-9-15(11-2-3-11)18-5-4-12-6-14(17)7-13-8-20-10-21-16(12)13/h6-7,11,15,18H,2-5,8-10H2,1H3. The van der Waals surface area contributed by atoms with Gasteiger partial charge in [0.2, 0.25) is 0 Å². The molecule has 1 fully saturated rings. The Morgan fingerprint density at radius 2 is 2.29 bits per heavy atom. The summed E-state index contributed by atoms with van der Waals surface area (Å²) >= 11 is 0. The molecular weight excluding hydrogens is 273 g/mol. The molecule has 1 aromatic carbocycles. The Balaban J connectivity index is 1.60. The van der Waals surface area contributed by atoms with Crippen molar-refractivity contribution in [1.82, 2.24) is 5.32 Å². The van der Waals surface area contributed by atoms with Crippen molar-refractivity contribution in [3.63, 3.8) is 0 Å². The van der Waals surface area contributed by atoms with E-state index in [1.807, 2.05) is 0 Å². The van der Waals surface area contributed by atoms with Crippen molar-refractivity contribution in [3.8, 4) is 5.75 Å². The van der Waals surface area contributed by atoms with Gasteiger partial charge in [-0.1, -0.05) is 0 Å². The van der Waals surface area contributed by atoms with Gasteiger partial charge in [0.25, 0.3) is 0 Å². The van der Waals surface area contributed by atoms with Crippen LogP contribution in [0.2, 0.25) is 0 Å². The largest absolute Gasteiger partial charge is 0.467 e. The monoisotopic (exact) mass is 295 g/mol. The number of rotatable bonds is 7. The quantitative estimate of drug-likeness (QED) is 0.837. The second-order valence-electron chi connectivity index (χ2n) is 5.77. The van der Waals surface area contributed by atoms with Gasteiger partial charge in [-0.05, 0) is 49.4 Å². The van der Waals surface area contributed by atoms with Gasteiger partial charge in [0.15, 0.2) is 6.79 Å². The summed E-state index contributed by atoms with van der Waals surface area (Å²) in [7, 11) is 1.73. The zero-order chi connectivity index (χ0) is 14.7. The van der Waals surface area contributed by atoms with Crippen LogP contribution in [0.3, 0.4) is 0 Å². The third kappa shape index (κ3) is 3.73. The molecule has 5 heteroatoms. The Labute approximate surface area is 124 Å². The molecule has 0 bridgehead atoms. The van der Waals surface area contributed by atoms with E-state index in [4.69, 9.17) is 14.2 Å². The molecule has 4 nitrogen and oxygen atoms in total. The van der Waals surface area contributed by atoms with Crippen molar-refractivity contribution in [2.45, 2.75) is 31.9 Å². The first-order valence-corrected chi connectivity index (χ1v) is 7.52. The van der Waals surface area contributed by atoms with Crippen LogP contribution >= 0.6 is 0 Å². The third-order valence-corrected chi connectivity index (χ3v) is 4.09. The summed E-state index contributed by atoms with van der Waals surface area (Å²) in [6.45, 7) is 2.19. The molecule has 3 rings (SSSR count). The van der Waals surface area contributed by atoms with E-state index in [1.165, 1.54) is 18.9 Å². The molecule has 0 saturated heterocycles. The molecule has 0 aromatic heterocycles. The van der Waals surface area contributed by atoms with Gasteiger partial charge < -0.3 is 19.5 Å². The highest BCUT2D eigenvalue weighted by Gasteiger charge is 2.30. The van der Waals surface area contributed by atoms with Crippen LogP contribution in [0.4, 0.5) is 4.39 Å². The summed E-state index contributed by atoms with van der Waals surface area (Å²) < 4.78 is 29.6. The van der Waals surface area contributed by atoms with E-state index in [0.717, 1.165) is 42.4 Å². The Morgan fingerprint density at radius 3 is 3.05 bits per heavy atom. The summed E-state index contributed by atoms with van der Waals surface area (Å²) in [5.41, 5.74) is 1.71. The van der Waals surface area contributed by atoms with Crippen LogP contribution in [0.25, 0.3) is 0 Å². The SMILES string of the molecule is COCC(NCCc1cc(F)cc2c1OCOC2)C1CC1. The van der Waals surface area contributed by atoms with Crippen molar-refractivity contribution in [2.75, 3.05) is 27.1 Å². The van der Waals surface area contributed by atoms with Gasteiger partial charge in [0.1, 0.15) is 11.6 Å². The number of benzene rings is 1. The molecule has 21 heavy (non-hydrogen) atoms. The zero-order valence-electron chi connectivity index (χ0n) is 12.4. The van der Waals surface area contributed by atoms with E-state index in [1.54, 1.807) is 13.2 Å². The fraction of sp³-hybridized carbons (Fsp3) is 0.625. The van der Waals surface area contributed by atoms with Crippen LogP contribution in [0.15, 0.2) is 12.1 Å². The molecule has 1 aliphatic carbocycles. The van der Waals surface area contributed by atoms with E-state index >= 15 is 0 Å². The minimum atomic E-state index is -0.228. The maximum absolute atomic E-state index is 13.6. The van der Waals surface area contributed by atoms with Crippen LogP contribution < -0.4 is 10.1 Å². The van der Waals surface area contributed by atoms with Crippen LogP contribution in [-0.2, 0) is 22.5 Å². The highest BCUT2D eigenvalue weighted by molar-refractivity contribution is 5.42. The molecule has 1 heterocycles. The van der Waals surface area contributed by atoms with Gasteiger partial charge in [-0.2, -0.15) is 0 Å². The van der Waals surface area contributed by atoms with E-state index in [-0.39, 0.29) is 12.6 Å². The van der Waals surface area contributed by atoms with E-state index in [0.29, 0.717) is 12.6 Å². The summed E-state index contributed by atoms with van der Waals surface area (Å²) in [5.74, 6) is 1.30. The molecule has 1 N–H and O–H groups in total. The zero-order valence-corrected chi connectivity index (χ0v) is 12.4. The Morgan fingerprint density at radius 1 is 1.43 bits per heavy atom. The van der Waals surface area contributed by atoms with Crippen molar-refractivity contribution in [2.24, 2.45) is 5.92 Å². The fourth-order valence-corrected chi connectivity index (χ4v) is 2.87. The highest BCUT2D eigenvalue weighted by atomic mass is 19.1. The third-order valence-electron chi connectivity index (χ3n) is 4.09. The molecule has 1 aliphatic heterocycles. The van der Waals surface area contributed by atoms with Crippen LogP contribution in [-0.4, -0.2) is 33.1 Å². The first-order chi connectivity index (χ1) is 10.3. The van der Waals surface area contributed by atoms with Crippen LogP contribution in [0.1, 0.15) is 24.0 Å². The number of ether oxygens (including phenoxy) is 3. The van der Waals surface area contributed by atoms with Gasteiger partial charge in [0.05, 0.1) is 13.2 Å². The normalized spacial score (nSPS) is 19.0. The first-order valence-electron chi connectivity index (χ1n) is 7.52. The maximum atomic E-state index is 13.6. The van der Waals surface area contributed by atoms with Crippen molar-refractivity contribution < 1.29 is 18.6 Å². The van der Waals surface area contributed by atoms with E-state index < -0.39 is 0 Å². The second-order valence-corrected chi connectivity index (χ2v) is 5.77. The molecule has 1 saturated carbocycles. The lowest BCUT2D eigenvalue weighted by Crippen LogP contribution is -2.36. The fourth-order valence-electron chi connectivity index (χ4n) is 2.87. The predicted molar refractivity (Wildman–Crippen MR) is 76.8 cm³/mol. The lowest BCUT2D eigenvalue weighted by Gasteiger charge is -2.22. The second kappa shape index (κ2) is 6.73. The minimum Gasteiger partial charge on any atom is -0.467 e. The predicted octanol–water partition coefficient (Wildman–Crippen LogP) is 2.25. The van der Waals surface area contributed by atoms with Gasteiger partial charge in [-0.25, -0.2) is 4.39 Å². The molecular formula is C16H22FNO3. The Hall–Kier alpha value is -1.17. The highest BCUT2D eigenvalue weighted by Crippen LogP contribution is 2.33. The Kier molecular flexibility index (Phi) is 4.73. The number of fused-ring (bicyclic) bond motifs is 1. The van der Waals surface area contributed by atoms with Crippen molar-refractivity contribution >= 4 is 0 Å². The summed E-state index contributed by atoms with van der Waals surface area (Å²) in [4.78, 5) is 0. The number of hydrogen-bond donors (Lipinski definition) is 1. The van der Waals surface area contributed by atoms with Gasteiger partial charge >= 0.3 is 0 Å². The molecule has 0 amide bonds. The number of methoxy groups -OCH3 is 1. The van der Waals surface area contributed by atoms with Gasteiger partial charge in [-0.3, -0.25) is 0 Å². The molecule has 1 aromatic rings.